The number of aliphatic hydroxyl groups excluding tert-OH is 1. The SMILES string of the molecule is CCCCN(CCO)C1CC(C(C)(C)CC)CCC1C#N. The van der Waals surface area contributed by atoms with E-state index in [0.29, 0.717) is 23.9 Å². The predicted octanol–water partition coefficient (Wildman–Crippen LogP) is 3.83. The molecule has 1 N–H and O–H groups in total. The summed E-state index contributed by atoms with van der Waals surface area (Å²) in [6.45, 7) is 11.1. The van der Waals surface area contributed by atoms with Gasteiger partial charge in [-0.15, -0.1) is 0 Å². The smallest absolute Gasteiger partial charge is 0.0672 e. The molecule has 3 nitrogen and oxygen atoms in total. The van der Waals surface area contributed by atoms with Crippen LogP contribution < -0.4 is 0 Å². The molecule has 0 aromatic heterocycles. The first-order chi connectivity index (χ1) is 10.00. The van der Waals surface area contributed by atoms with Crippen molar-refractivity contribution in [3.8, 4) is 6.07 Å². The Morgan fingerprint density at radius 3 is 2.48 bits per heavy atom. The molecule has 1 saturated carbocycles. The molecular weight excluding hydrogens is 260 g/mol. The van der Waals surface area contributed by atoms with Crippen LogP contribution in [-0.4, -0.2) is 35.7 Å². The fourth-order valence-electron chi connectivity index (χ4n) is 3.63. The van der Waals surface area contributed by atoms with Gasteiger partial charge in [-0.1, -0.05) is 40.5 Å². The molecular formula is C18H34N2O. The Labute approximate surface area is 131 Å². The molecule has 0 aromatic carbocycles. The second-order valence-corrected chi connectivity index (χ2v) is 7.27. The standard InChI is InChI=1S/C18H34N2O/c1-5-7-10-20(11-12-21)17-13-16(18(3,4)6-2)9-8-15(17)14-19/h15-17,21H,5-13H2,1-4H3. The van der Waals surface area contributed by atoms with Gasteiger partial charge in [0.1, 0.15) is 0 Å². The van der Waals surface area contributed by atoms with E-state index in [2.05, 4.69) is 38.7 Å². The van der Waals surface area contributed by atoms with Gasteiger partial charge in [0.2, 0.25) is 0 Å². The zero-order chi connectivity index (χ0) is 15.9. The highest BCUT2D eigenvalue weighted by atomic mass is 16.3. The predicted molar refractivity (Wildman–Crippen MR) is 87.9 cm³/mol. The summed E-state index contributed by atoms with van der Waals surface area (Å²) in [5, 5.41) is 18.9. The fraction of sp³-hybridized carbons (Fsp3) is 0.944. The van der Waals surface area contributed by atoms with Crippen LogP contribution in [0.2, 0.25) is 0 Å². The fourth-order valence-corrected chi connectivity index (χ4v) is 3.63. The molecule has 3 heteroatoms. The van der Waals surface area contributed by atoms with Gasteiger partial charge >= 0.3 is 0 Å². The van der Waals surface area contributed by atoms with E-state index in [9.17, 15) is 10.4 Å². The molecule has 0 aliphatic heterocycles. The van der Waals surface area contributed by atoms with E-state index in [0.717, 1.165) is 32.2 Å². The second-order valence-electron chi connectivity index (χ2n) is 7.27. The summed E-state index contributed by atoms with van der Waals surface area (Å²) in [5.74, 6) is 0.831. The minimum Gasteiger partial charge on any atom is -0.395 e. The number of rotatable bonds is 8. The monoisotopic (exact) mass is 294 g/mol. The van der Waals surface area contributed by atoms with Crippen molar-refractivity contribution in [1.82, 2.24) is 4.90 Å². The molecule has 1 aliphatic carbocycles. The summed E-state index contributed by atoms with van der Waals surface area (Å²) < 4.78 is 0. The Kier molecular flexibility index (Phi) is 7.70. The van der Waals surface area contributed by atoms with Crippen molar-refractivity contribution in [2.45, 2.75) is 72.3 Å². The van der Waals surface area contributed by atoms with Crippen LogP contribution in [0.1, 0.15) is 66.2 Å². The Balaban J connectivity index is 2.83. The Morgan fingerprint density at radius 1 is 1.24 bits per heavy atom. The van der Waals surface area contributed by atoms with Gasteiger partial charge in [-0.2, -0.15) is 5.26 Å². The molecule has 1 rings (SSSR count). The number of hydrogen-bond acceptors (Lipinski definition) is 3. The van der Waals surface area contributed by atoms with Crippen molar-refractivity contribution in [1.29, 1.82) is 5.26 Å². The van der Waals surface area contributed by atoms with Crippen LogP contribution in [0, 0.1) is 28.6 Å². The van der Waals surface area contributed by atoms with Crippen molar-refractivity contribution in [2.24, 2.45) is 17.3 Å². The molecule has 3 unspecified atom stereocenters. The van der Waals surface area contributed by atoms with Gasteiger partial charge < -0.3 is 5.11 Å². The molecule has 1 aliphatic rings. The number of hydrogen-bond donors (Lipinski definition) is 1. The maximum Gasteiger partial charge on any atom is 0.0672 e. The lowest BCUT2D eigenvalue weighted by Gasteiger charge is -2.45. The van der Waals surface area contributed by atoms with E-state index in [-0.39, 0.29) is 12.5 Å². The zero-order valence-electron chi connectivity index (χ0n) is 14.4. The lowest BCUT2D eigenvalue weighted by molar-refractivity contribution is 0.0419. The number of nitriles is 1. The molecule has 0 heterocycles. The van der Waals surface area contributed by atoms with Crippen molar-refractivity contribution in [3.05, 3.63) is 0 Å². The number of aliphatic hydroxyl groups is 1. The van der Waals surface area contributed by atoms with Crippen molar-refractivity contribution in [2.75, 3.05) is 19.7 Å². The normalized spacial score (nSPS) is 26.8. The molecule has 21 heavy (non-hydrogen) atoms. The number of unbranched alkanes of at least 4 members (excludes halogenated alkanes) is 1. The third-order valence-electron chi connectivity index (χ3n) is 5.65. The van der Waals surface area contributed by atoms with Crippen molar-refractivity contribution >= 4 is 0 Å². The van der Waals surface area contributed by atoms with E-state index in [4.69, 9.17) is 0 Å². The average molecular weight is 294 g/mol. The summed E-state index contributed by atoms with van der Waals surface area (Å²) in [6, 6.07) is 2.87. The maximum absolute atomic E-state index is 9.51. The highest BCUT2D eigenvalue weighted by Crippen LogP contribution is 2.43. The zero-order valence-corrected chi connectivity index (χ0v) is 14.4. The van der Waals surface area contributed by atoms with Gasteiger partial charge in [0.05, 0.1) is 18.6 Å². The van der Waals surface area contributed by atoms with E-state index in [1.165, 1.54) is 12.8 Å². The first-order valence-corrected chi connectivity index (χ1v) is 8.74. The third kappa shape index (κ3) is 4.97. The third-order valence-corrected chi connectivity index (χ3v) is 5.65. The second kappa shape index (κ2) is 8.76. The van der Waals surface area contributed by atoms with Gasteiger partial charge in [-0.05, 0) is 43.6 Å². The lowest BCUT2D eigenvalue weighted by atomic mass is 9.66. The lowest BCUT2D eigenvalue weighted by Crippen LogP contribution is -2.47. The van der Waals surface area contributed by atoms with Gasteiger partial charge in [-0.3, -0.25) is 4.90 Å². The molecule has 0 saturated heterocycles. The number of nitrogens with zero attached hydrogens (tertiary/aromatic N) is 2. The van der Waals surface area contributed by atoms with Crippen molar-refractivity contribution < 1.29 is 5.11 Å². The van der Waals surface area contributed by atoms with Gasteiger partial charge in [0, 0.05) is 12.6 Å². The molecule has 0 bridgehead atoms. The van der Waals surface area contributed by atoms with Crippen LogP contribution in [0.5, 0.6) is 0 Å². The average Bonchev–Trinajstić information content (AvgIpc) is 2.50. The topological polar surface area (TPSA) is 47.3 Å². The first kappa shape index (κ1) is 18.5. The van der Waals surface area contributed by atoms with Crippen LogP contribution in [0.25, 0.3) is 0 Å². The van der Waals surface area contributed by atoms with E-state index in [1.54, 1.807) is 0 Å². The summed E-state index contributed by atoms with van der Waals surface area (Å²) in [5.41, 5.74) is 0.355. The largest absolute Gasteiger partial charge is 0.395 e. The van der Waals surface area contributed by atoms with Gasteiger partial charge in [-0.25, -0.2) is 0 Å². The van der Waals surface area contributed by atoms with Crippen LogP contribution >= 0.6 is 0 Å². The highest BCUT2D eigenvalue weighted by Gasteiger charge is 2.39. The first-order valence-electron chi connectivity index (χ1n) is 8.74. The Morgan fingerprint density at radius 2 is 1.95 bits per heavy atom. The molecule has 1 fully saturated rings. The highest BCUT2D eigenvalue weighted by molar-refractivity contribution is 4.99. The van der Waals surface area contributed by atoms with Crippen LogP contribution in [0.15, 0.2) is 0 Å². The minimum absolute atomic E-state index is 0.136. The van der Waals surface area contributed by atoms with Crippen LogP contribution in [-0.2, 0) is 0 Å². The maximum atomic E-state index is 9.51. The summed E-state index contributed by atoms with van der Waals surface area (Å²) in [7, 11) is 0. The Hall–Kier alpha value is -0.590. The molecule has 0 aromatic rings. The molecule has 122 valence electrons. The summed E-state index contributed by atoms with van der Waals surface area (Å²) >= 11 is 0. The van der Waals surface area contributed by atoms with Gasteiger partial charge in [0.15, 0.2) is 0 Å². The van der Waals surface area contributed by atoms with Crippen LogP contribution in [0.4, 0.5) is 0 Å². The molecule has 0 radical (unpaired) electrons. The summed E-state index contributed by atoms with van der Waals surface area (Å²) in [6.07, 6.45) is 6.81. The van der Waals surface area contributed by atoms with Gasteiger partial charge in [0.25, 0.3) is 0 Å². The Bertz CT molecular complexity index is 335. The quantitative estimate of drug-likeness (QED) is 0.740. The molecule has 3 atom stereocenters. The van der Waals surface area contributed by atoms with E-state index in [1.807, 2.05) is 0 Å². The minimum atomic E-state index is 0.136. The molecule has 0 spiro atoms. The summed E-state index contributed by atoms with van der Waals surface area (Å²) in [4.78, 5) is 2.38. The molecule has 0 amide bonds. The van der Waals surface area contributed by atoms with E-state index >= 15 is 0 Å². The van der Waals surface area contributed by atoms with E-state index < -0.39 is 0 Å². The van der Waals surface area contributed by atoms with Crippen LogP contribution in [0.3, 0.4) is 0 Å². The van der Waals surface area contributed by atoms with Crippen molar-refractivity contribution in [3.63, 3.8) is 0 Å².